The number of carbonyl (C=O) groups is 2. The topological polar surface area (TPSA) is 72.8 Å². The lowest BCUT2D eigenvalue weighted by Gasteiger charge is -2.26. The molecule has 3 unspecified atom stereocenters. The van der Waals surface area contributed by atoms with E-state index in [0.717, 1.165) is 12.8 Å². The molecule has 0 aromatic rings. The summed E-state index contributed by atoms with van der Waals surface area (Å²) in [5.74, 6) is -0.0903. The molecule has 1 heterocycles. The molecule has 1 aliphatic rings. The monoisotopic (exact) mass is 314 g/mol. The molecule has 0 spiro atoms. The maximum atomic E-state index is 11.9. The molecule has 0 aromatic carbocycles. The van der Waals surface area contributed by atoms with Gasteiger partial charge in [0, 0.05) is 26.4 Å². The van der Waals surface area contributed by atoms with Crippen molar-refractivity contribution in [3.8, 4) is 0 Å². The highest BCUT2D eigenvalue weighted by atomic mass is 16.5. The number of hydrogen-bond donors (Lipinski definition) is 1. The fraction of sp³-hybridized carbons (Fsp3) is 0.882. The van der Waals surface area contributed by atoms with Gasteiger partial charge in [0.15, 0.2) is 0 Å². The Kier molecular flexibility index (Phi) is 9.32. The largest absolute Gasteiger partial charge is 0.462 e. The molecule has 1 N–H and O–H groups in total. The lowest BCUT2D eigenvalue weighted by Crippen LogP contribution is -2.28. The molecule has 0 amide bonds. The van der Waals surface area contributed by atoms with Crippen molar-refractivity contribution in [2.24, 2.45) is 5.92 Å². The van der Waals surface area contributed by atoms with Crippen molar-refractivity contribution in [3.05, 3.63) is 0 Å². The highest BCUT2D eigenvalue weighted by Gasteiger charge is 2.25. The van der Waals surface area contributed by atoms with Gasteiger partial charge in [-0.2, -0.15) is 0 Å². The van der Waals surface area contributed by atoms with Crippen molar-refractivity contribution in [1.82, 2.24) is 0 Å². The molecule has 1 saturated heterocycles. The highest BCUT2D eigenvalue weighted by molar-refractivity contribution is 5.78. The Labute approximate surface area is 133 Å². The van der Waals surface area contributed by atoms with Gasteiger partial charge in [-0.05, 0) is 38.0 Å². The number of ether oxygens (including phenoxy) is 2. The number of carbonyl (C=O) groups excluding carboxylic acids is 2. The number of cyclic esters (lactones) is 1. The second kappa shape index (κ2) is 10.7. The molecule has 0 aliphatic carbocycles. The quantitative estimate of drug-likeness (QED) is 0.731. The van der Waals surface area contributed by atoms with Crippen LogP contribution in [0, 0.1) is 5.92 Å². The van der Waals surface area contributed by atoms with Crippen molar-refractivity contribution in [2.45, 2.75) is 76.9 Å². The second-order valence-corrected chi connectivity index (χ2v) is 6.18. The van der Waals surface area contributed by atoms with Crippen LogP contribution in [-0.2, 0) is 19.1 Å². The Morgan fingerprint density at radius 2 is 2.14 bits per heavy atom. The van der Waals surface area contributed by atoms with E-state index in [9.17, 15) is 14.7 Å². The summed E-state index contributed by atoms with van der Waals surface area (Å²) in [6.45, 7) is 2.48. The first-order chi connectivity index (χ1) is 10.6. The highest BCUT2D eigenvalue weighted by Crippen LogP contribution is 2.25. The molecule has 1 fully saturated rings. The third-order valence-corrected chi connectivity index (χ3v) is 4.27. The summed E-state index contributed by atoms with van der Waals surface area (Å²) in [4.78, 5) is 23.7. The summed E-state index contributed by atoms with van der Waals surface area (Å²) in [5, 5.41) is 10.4. The van der Waals surface area contributed by atoms with Crippen molar-refractivity contribution in [2.75, 3.05) is 13.7 Å². The van der Waals surface area contributed by atoms with Crippen molar-refractivity contribution in [3.63, 3.8) is 0 Å². The van der Waals surface area contributed by atoms with Crippen LogP contribution < -0.4 is 0 Å². The summed E-state index contributed by atoms with van der Waals surface area (Å²) in [5.41, 5.74) is 0. The van der Waals surface area contributed by atoms with Crippen LogP contribution >= 0.6 is 0 Å². The number of rotatable bonds is 7. The number of ketones is 1. The van der Waals surface area contributed by atoms with E-state index in [1.165, 1.54) is 0 Å². The van der Waals surface area contributed by atoms with E-state index in [2.05, 4.69) is 6.92 Å². The van der Waals surface area contributed by atoms with Crippen LogP contribution in [0.2, 0.25) is 0 Å². The first-order valence-corrected chi connectivity index (χ1v) is 8.45. The van der Waals surface area contributed by atoms with Crippen molar-refractivity contribution < 1.29 is 24.2 Å². The van der Waals surface area contributed by atoms with Crippen LogP contribution in [0.3, 0.4) is 0 Å². The van der Waals surface area contributed by atoms with Gasteiger partial charge in [0.2, 0.25) is 0 Å². The van der Waals surface area contributed by atoms with Gasteiger partial charge >= 0.3 is 5.97 Å². The lowest BCUT2D eigenvalue weighted by atomic mass is 9.86. The maximum absolute atomic E-state index is 11.9. The summed E-state index contributed by atoms with van der Waals surface area (Å²) >= 11 is 0. The number of aliphatic hydroxyl groups is 1. The fourth-order valence-electron chi connectivity index (χ4n) is 2.97. The SMILES string of the molecule is CCCC1CCC(O)C(CC(=O)CCOC)CCCC(=O)O1. The average Bonchev–Trinajstić information content (AvgIpc) is 2.49. The Morgan fingerprint density at radius 3 is 2.82 bits per heavy atom. The molecule has 0 saturated carbocycles. The van der Waals surface area contributed by atoms with Crippen LogP contribution in [0.5, 0.6) is 0 Å². The molecule has 5 heteroatoms. The Morgan fingerprint density at radius 1 is 1.36 bits per heavy atom. The molecule has 0 bridgehead atoms. The van der Waals surface area contributed by atoms with E-state index in [4.69, 9.17) is 9.47 Å². The number of hydrogen-bond acceptors (Lipinski definition) is 5. The minimum absolute atomic E-state index is 0.0578. The first-order valence-electron chi connectivity index (χ1n) is 8.45. The molecule has 5 nitrogen and oxygen atoms in total. The molecule has 22 heavy (non-hydrogen) atoms. The molecule has 1 aliphatic heterocycles. The summed E-state index contributed by atoms with van der Waals surface area (Å²) in [6, 6.07) is 0. The zero-order valence-electron chi connectivity index (χ0n) is 13.9. The van der Waals surface area contributed by atoms with E-state index in [1.807, 2.05) is 0 Å². The van der Waals surface area contributed by atoms with E-state index in [-0.39, 0.29) is 23.8 Å². The van der Waals surface area contributed by atoms with Gasteiger partial charge in [-0.15, -0.1) is 0 Å². The molecule has 128 valence electrons. The van der Waals surface area contributed by atoms with E-state index >= 15 is 0 Å². The van der Waals surface area contributed by atoms with Gasteiger partial charge in [-0.3, -0.25) is 9.59 Å². The zero-order valence-corrected chi connectivity index (χ0v) is 13.9. The Bertz CT molecular complexity index is 342. The molecule has 0 radical (unpaired) electrons. The fourth-order valence-corrected chi connectivity index (χ4v) is 2.97. The van der Waals surface area contributed by atoms with Gasteiger partial charge in [-0.1, -0.05) is 13.3 Å². The number of esters is 1. The Balaban J connectivity index is 2.57. The summed E-state index contributed by atoms with van der Waals surface area (Å²) in [6.07, 6.45) is 4.92. The molecular formula is C17H30O5. The maximum Gasteiger partial charge on any atom is 0.306 e. The molecule has 0 aromatic heterocycles. The third-order valence-electron chi connectivity index (χ3n) is 4.27. The second-order valence-electron chi connectivity index (χ2n) is 6.18. The van der Waals surface area contributed by atoms with Gasteiger partial charge < -0.3 is 14.6 Å². The van der Waals surface area contributed by atoms with Crippen molar-refractivity contribution >= 4 is 11.8 Å². The van der Waals surface area contributed by atoms with Crippen LogP contribution in [0.1, 0.15) is 64.7 Å². The summed E-state index contributed by atoms with van der Waals surface area (Å²) in [7, 11) is 1.57. The number of methoxy groups -OCH3 is 1. The van der Waals surface area contributed by atoms with Crippen LogP contribution in [0.25, 0.3) is 0 Å². The summed E-state index contributed by atoms with van der Waals surface area (Å²) < 4.78 is 10.4. The minimum atomic E-state index is -0.498. The minimum Gasteiger partial charge on any atom is -0.462 e. The third kappa shape index (κ3) is 7.36. The van der Waals surface area contributed by atoms with E-state index < -0.39 is 6.10 Å². The first kappa shape index (κ1) is 19.1. The van der Waals surface area contributed by atoms with Crippen LogP contribution in [0.15, 0.2) is 0 Å². The van der Waals surface area contributed by atoms with Gasteiger partial charge in [0.1, 0.15) is 11.9 Å². The van der Waals surface area contributed by atoms with Gasteiger partial charge in [-0.25, -0.2) is 0 Å². The zero-order chi connectivity index (χ0) is 16.4. The molecular weight excluding hydrogens is 284 g/mol. The normalized spacial score (nSPS) is 27.2. The predicted octanol–water partition coefficient (Wildman–Crippen LogP) is 2.64. The smallest absolute Gasteiger partial charge is 0.306 e. The number of aliphatic hydroxyl groups excluding tert-OH is 1. The molecule has 1 rings (SSSR count). The lowest BCUT2D eigenvalue weighted by molar-refractivity contribution is -0.150. The van der Waals surface area contributed by atoms with Crippen LogP contribution in [-0.4, -0.2) is 42.8 Å². The Hall–Kier alpha value is -0.940. The number of Topliss-reactive ketones (excluding diaryl/α,β-unsaturated/α-hetero) is 1. The predicted molar refractivity (Wildman–Crippen MR) is 83.5 cm³/mol. The average molecular weight is 314 g/mol. The van der Waals surface area contributed by atoms with Gasteiger partial charge in [0.25, 0.3) is 0 Å². The van der Waals surface area contributed by atoms with Crippen molar-refractivity contribution in [1.29, 1.82) is 0 Å². The standard InChI is InChI=1S/C17H30O5/c1-3-5-15-8-9-16(19)13(6-4-7-17(20)22-15)12-14(18)10-11-21-2/h13,15-16,19H,3-12H2,1-2H3. The molecule has 3 atom stereocenters. The van der Waals surface area contributed by atoms with Crippen LogP contribution in [0.4, 0.5) is 0 Å². The van der Waals surface area contributed by atoms with E-state index in [1.54, 1.807) is 7.11 Å². The van der Waals surface area contributed by atoms with E-state index in [0.29, 0.717) is 51.6 Å². The van der Waals surface area contributed by atoms with Gasteiger partial charge in [0.05, 0.1) is 12.7 Å².